The van der Waals surface area contributed by atoms with Crippen molar-refractivity contribution in [2.45, 2.75) is 30.4 Å². The van der Waals surface area contributed by atoms with Crippen molar-refractivity contribution in [3.8, 4) is 0 Å². The molecule has 18 heavy (non-hydrogen) atoms. The van der Waals surface area contributed by atoms with Crippen molar-refractivity contribution >= 4 is 23.4 Å². The maximum Gasteiger partial charge on any atom is 0.433 e. The van der Waals surface area contributed by atoms with Gasteiger partial charge in [0.25, 0.3) is 0 Å². The molecule has 1 fully saturated rings. The van der Waals surface area contributed by atoms with E-state index >= 15 is 0 Å². The van der Waals surface area contributed by atoms with Gasteiger partial charge in [0.15, 0.2) is 0 Å². The number of rotatable bonds is 1. The van der Waals surface area contributed by atoms with Crippen LogP contribution in [0.15, 0.2) is 12.1 Å². The van der Waals surface area contributed by atoms with E-state index in [-0.39, 0.29) is 16.0 Å². The molecule has 2 atom stereocenters. The van der Waals surface area contributed by atoms with E-state index in [0.717, 1.165) is 11.8 Å². The molecule has 0 aromatic carbocycles. The molecule has 2 heterocycles. The predicted octanol–water partition coefficient (Wildman–Crippen LogP) is 3.47. The number of hydrogen-bond acceptors (Lipinski definition) is 3. The van der Waals surface area contributed by atoms with Crippen molar-refractivity contribution < 1.29 is 18.3 Å². The van der Waals surface area contributed by atoms with Gasteiger partial charge in [-0.05, 0) is 18.2 Å². The molecule has 2 nitrogen and oxygen atoms in total. The second-order valence-corrected chi connectivity index (χ2v) is 6.03. The quantitative estimate of drug-likeness (QED) is 0.806. The minimum absolute atomic E-state index is 0.117. The SMILES string of the molecule is CC1SCCC1(O)c1ccc(C(F)(F)F)nc1Cl. The minimum Gasteiger partial charge on any atom is -0.384 e. The summed E-state index contributed by atoms with van der Waals surface area (Å²) in [7, 11) is 0. The first-order chi connectivity index (χ1) is 8.25. The summed E-state index contributed by atoms with van der Waals surface area (Å²) in [5.74, 6) is 0.745. The third-order valence-electron chi connectivity index (χ3n) is 3.13. The molecule has 1 saturated heterocycles. The molecular weight excluding hydrogens is 287 g/mol. The number of aromatic nitrogens is 1. The van der Waals surface area contributed by atoms with Crippen LogP contribution in [0.25, 0.3) is 0 Å². The van der Waals surface area contributed by atoms with Gasteiger partial charge in [0.1, 0.15) is 16.4 Å². The predicted molar refractivity (Wildman–Crippen MR) is 64.7 cm³/mol. The lowest BCUT2D eigenvalue weighted by molar-refractivity contribution is -0.141. The highest BCUT2D eigenvalue weighted by Gasteiger charge is 2.43. The number of halogens is 4. The normalized spacial score (nSPS) is 28.7. The van der Waals surface area contributed by atoms with Gasteiger partial charge in [0, 0.05) is 10.8 Å². The van der Waals surface area contributed by atoms with E-state index in [2.05, 4.69) is 4.98 Å². The van der Waals surface area contributed by atoms with E-state index in [1.54, 1.807) is 11.8 Å². The molecule has 0 aliphatic carbocycles. The van der Waals surface area contributed by atoms with Gasteiger partial charge in [-0.1, -0.05) is 24.6 Å². The van der Waals surface area contributed by atoms with E-state index in [9.17, 15) is 18.3 Å². The fourth-order valence-electron chi connectivity index (χ4n) is 2.00. The highest BCUT2D eigenvalue weighted by Crippen LogP contribution is 2.45. The van der Waals surface area contributed by atoms with Crippen LogP contribution in [0.5, 0.6) is 0 Å². The van der Waals surface area contributed by atoms with Crippen molar-refractivity contribution in [2.75, 3.05) is 5.75 Å². The lowest BCUT2D eigenvalue weighted by Crippen LogP contribution is -2.32. The Morgan fingerprint density at radius 2 is 2.17 bits per heavy atom. The molecule has 1 aliphatic rings. The van der Waals surface area contributed by atoms with Crippen LogP contribution in [-0.2, 0) is 11.8 Å². The summed E-state index contributed by atoms with van der Waals surface area (Å²) in [6, 6.07) is 2.08. The third kappa shape index (κ3) is 2.33. The molecule has 1 aliphatic heterocycles. The second kappa shape index (κ2) is 4.58. The van der Waals surface area contributed by atoms with Gasteiger partial charge in [0.2, 0.25) is 0 Å². The zero-order valence-corrected chi connectivity index (χ0v) is 11.0. The summed E-state index contributed by atoms with van der Waals surface area (Å²) < 4.78 is 37.4. The van der Waals surface area contributed by atoms with Gasteiger partial charge in [-0.3, -0.25) is 0 Å². The number of thioether (sulfide) groups is 1. The zero-order chi connectivity index (χ0) is 13.6. The Morgan fingerprint density at radius 1 is 1.50 bits per heavy atom. The fourth-order valence-corrected chi connectivity index (χ4v) is 3.62. The Labute approximate surface area is 112 Å². The maximum atomic E-state index is 12.5. The molecular formula is C11H11ClF3NOS. The van der Waals surface area contributed by atoms with Gasteiger partial charge in [-0.25, -0.2) is 4.98 Å². The summed E-state index contributed by atoms with van der Waals surface area (Å²) in [4.78, 5) is 3.34. The maximum absolute atomic E-state index is 12.5. The average molecular weight is 298 g/mol. The van der Waals surface area contributed by atoms with Crippen molar-refractivity contribution in [1.29, 1.82) is 0 Å². The minimum atomic E-state index is -4.53. The first-order valence-electron chi connectivity index (χ1n) is 5.33. The van der Waals surface area contributed by atoms with Crippen molar-refractivity contribution in [1.82, 2.24) is 4.98 Å². The zero-order valence-electron chi connectivity index (χ0n) is 9.46. The Kier molecular flexibility index (Phi) is 3.55. The molecule has 2 unspecified atom stereocenters. The molecule has 1 N–H and O–H groups in total. The van der Waals surface area contributed by atoms with Crippen molar-refractivity contribution in [2.24, 2.45) is 0 Å². The standard InChI is InChI=1S/C11H11ClF3NOS/c1-6-10(17,4-5-18-6)7-2-3-8(11(13,14)15)16-9(7)12/h2-3,6,17H,4-5H2,1H3. The third-order valence-corrected chi connectivity index (χ3v) is 4.75. The number of pyridine rings is 1. The van der Waals surface area contributed by atoms with Crippen molar-refractivity contribution in [3.05, 3.63) is 28.5 Å². The van der Waals surface area contributed by atoms with Crippen LogP contribution in [0, 0.1) is 0 Å². The molecule has 2 rings (SSSR count). The van der Waals surface area contributed by atoms with Gasteiger partial charge in [0.05, 0.1) is 0 Å². The van der Waals surface area contributed by atoms with Crippen LogP contribution < -0.4 is 0 Å². The van der Waals surface area contributed by atoms with Crippen LogP contribution >= 0.6 is 23.4 Å². The second-order valence-electron chi connectivity index (χ2n) is 4.22. The molecule has 0 bridgehead atoms. The molecule has 0 saturated carbocycles. The van der Waals surface area contributed by atoms with Crippen LogP contribution in [0.4, 0.5) is 13.2 Å². The topological polar surface area (TPSA) is 33.1 Å². The van der Waals surface area contributed by atoms with Crippen molar-refractivity contribution in [3.63, 3.8) is 0 Å². The number of aliphatic hydroxyl groups is 1. The molecule has 0 amide bonds. The first-order valence-corrected chi connectivity index (χ1v) is 6.76. The van der Waals surface area contributed by atoms with Crippen LogP contribution in [0.2, 0.25) is 5.15 Å². The molecule has 7 heteroatoms. The summed E-state index contributed by atoms with van der Waals surface area (Å²) in [6.45, 7) is 1.83. The summed E-state index contributed by atoms with van der Waals surface area (Å²) >= 11 is 7.35. The lowest BCUT2D eigenvalue weighted by atomic mass is 9.89. The summed E-state index contributed by atoms with van der Waals surface area (Å²) in [5, 5.41) is 10.1. The number of hydrogen-bond donors (Lipinski definition) is 1. The van der Waals surface area contributed by atoms with Gasteiger partial charge in [-0.2, -0.15) is 24.9 Å². The van der Waals surface area contributed by atoms with E-state index in [4.69, 9.17) is 11.6 Å². The van der Waals surface area contributed by atoms with E-state index in [1.807, 2.05) is 6.92 Å². The van der Waals surface area contributed by atoms with Crippen LogP contribution in [0.3, 0.4) is 0 Å². The molecule has 0 radical (unpaired) electrons. The van der Waals surface area contributed by atoms with Crippen LogP contribution in [-0.4, -0.2) is 21.1 Å². The first kappa shape index (κ1) is 14.0. The van der Waals surface area contributed by atoms with Gasteiger partial charge >= 0.3 is 6.18 Å². The Balaban J connectivity index is 2.42. The monoisotopic (exact) mass is 297 g/mol. The molecule has 0 spiro atoms. The summed E-state index contributed by atoms with van der Waals surface area (Å²) in [5.41, 5.74) is -1.97. The highest BCUT2D eigenvalue weighted by molar-refractivity contribution is 8.00. The Bertz CT molecular complexity index is 468. The Morgan fingerprint density at radius 3 is 2.61 bits per heavy atom. The molecule has 1 aromatic heterocycles. The molecule has 1 aromatic rings. The fraction of sp³-hybridized carbons (Fsp3) is 0.545. The van der Waals surface area contributed by atoms with Crippen LogP contribution in [0.1, 0.15) is 24.6 Å². The smallest absolute Gasteiger partial charge is 0.384 e. The molecule has 100 valence electrons. The van der Waals surface area contributed by atoms with E-state index in [1.165, 1.54) is 6.07 Å². The van der Waals surface area contributed by atoms with Gasteiger partial charge in [-0.15, -0.1) is 0 Å². The number of nitrogens with zero attached hydrogens (tertiary/aromatic N) is 1. The van der Waals surface area contributed by atoms with E-state index in [0.29, 0.717) is 6.42 Å². The largest absolute Gasteiger partial charge is 0.433 e. The number of alkyl halides is 3. The highest BCUT2D eigenvalue weighted by atomic mass is 35.5. The Hall–Kier alpha value is -0.460. The van der Waals surface area contributed by atoms with Gasteiger partial charge < -0.3 is 5.11 Å². The summed E-state index contributed by atoms with van der Waals surface area (Å²) in [6.07, 6.45) is -4.06. The van der Waals surface area contributed by atoms with E-state index < -0.39 is 17.5 Å². The lowest BCUT2D eigenvalue weighted by Gasteiger charge is -2.28. The average Bonchev–Trinajstić information content (AvgIpc) is 2.58.